The van der Waals surface area contributed by atoms with E-state index >= 15 is 0 Å². The highest BCUT2D eigenvalue weighted by Crippen LogP contribution is 2.18. The predicted molar refractivity (Wildman–Crippen MR) is 58.3 cm³/mol. The number of hydrogen-bond acceptors (Lipinski definition) is 5. The fraction of sp³-hybridized carbons (Fsp3) is 0.556. The van der Waals surface area contributed by atoms with Crippen LogP contribution in [0, 0.1) is 6.92 Å². The van der Waals surface area contributed by atoms with E-state index in [-0.39, 0.29) is 0 Å². The summed E-state index contributed by atoms with van der Waals surface area (Å²) in [6, 6.07) is 0. The zero-order valence-corrected chi connectivity index (χ0v) is 9.13. The third kappa shape index (κ3) is 1.93. The van der Waals surface area contributed by atoms with E-state index in [9.17, 15) is 0 Å². The Morgan fingerprint density at radius 1 is 1.36 bits per heavy atom. The molecule has 0 fully saturated rings. The van der Waals surface area contributed by atoms with Crippen LogP contribution in [0.25, 0.3) is 0 Å². The summed E-state index contributed by atoms with van der Waals surface area (Å²) < 4.78 is 0. The van der Waals surface area contributed by atoms with E-state index in [0.29, 0.717) is 11.8 Å². The first-order valence-electron chi connectivity index (χ1n) is 4.61. The Labute approximate surface area is 84.3 Å². The van der Waals surface area contributed by atoms with Crippen LogP contribution in [0.4, 0.5) is 11.8 Å². The van der Waals surface area contributed by atoms with Gasteiger partial charge >= 0.3 is 0 Å². The van der Waals surface area contributed by atoms with Crippen molar-refractivity contribution < 1.29 is 0 Å². The molecule has 78 valence electrons. The van der Waals surface area contributed by atoms with E-state index in [1.54, 1.807) is 0 Å². The summed E-state index contributed by atoms with van der Waals surface area (Å²) in [6.07, 6.45) is 0.879. The number of hydrazine groups is 1. The van der Waals surface area contributed by atoms with Gasteiger partial charge in [0.05, 0.1) is 5.69 Å². The lowest BCUT2D eigenvalue weighted by molar-refractivity contribution is 0.921. The van der Waals surface area contributed by atoms with Gasteiger partial charge in [-0.2, -0.15) is 4.98 Å². The third-order valence-corrected chi connectivity index (χ3v) is 2.11. The van der Waals surface area contributed by atoms with Crippen LogP contribution in [-0.4, -0.2) is 24.1 Å². The SMILES string of the molecule is CCc1nc(N(C)C)nc(NN)c1C. The van der Waals surface area contributed by atoms with Crippen LogP contribution in [0.15, 0.2) is 0 Å². The summed E-state index contributed by atoms with van der Waals surface area (Å²) in [5, 5.41) is 0. The molecule has 5 nitrogen and oxygen atoms in total. The predicted octanol–water partition coefficient (Wildman–Crippen LogP) is 0.699. The molecule has 1 heterocycles. The molecule has 14 heavy (non-hydrogen) atoms. The van der Waals surface area contributed by atoms with Gasteiger partial charge in [-0.3, -0.25) is 0 Å². The Kier molecular flexibility index (Phi) is 3.24. The number of nitrogen functional groups attached to an aromatic ring is 1. The second-order valence-corrected chi connectivity index (χ2v) is 3.34. The van der Waals surface area contributed by atoms with E-state index in [4.69, 9.17) is 5.84 Å². The van der Waals surface area contributed by atoms with Gasteiger partial charge in [-0.05, 0) is 13.3 Å². The Morgan fingerprint density at radius 2 is 2.00 bits per heavy atom. The fourth-order valence-corrected chi connectivity index (χ4v) is 1.23. The summed E-state index contributed by atoms with van der Waals surface area (Å²) in [5.74, 6) is 6.76. The van der Waals surface area contributed by atoms with E-state index in [1.165, 1.54) is 0 Å². The molecule has 0 aliphatic carbocycles. The monoisotopic (exact) mass is 195 g/mol. The minimum atomic E-state index is 0.681. The first kappa shape index (κ1) is 10.7. The fourth-order valence-electron chi connectivity index (χ4n) is 1.23. The van der Waals surface area contributed by atoms with Crippen molar-refractivity contribution >= 4 is 11.8 Å². The van der Waals surface area contributed by atoms with Crippen molar-refractivity contribution in [1.29, 1.82) is 0 Å². The topological polar surface area (TPSA) is 67.1 Å². The van der Waals surface area contributed by atoms with Crippen LogP contribution in [0.3, 0.4) is 0 Å². The molecule has 0 atom stereocenters. The molecule has 0 aliphatic rings. The number of nitrogens with one attached hydrogen (secondary N) is 1. The average molecular weight is 195 g/mol. The lowest BCUT2D eigenvalue weighted by Gasteiger charge is -2.15. The summed E-state index contributed by atoms with van der Waals surface area (Å²) in [7, 11) is 3.81. The highest BCUT2D eigenvalue weighted by atomic mass is 15.3. The van der Waals surface area contributed by atoms with E-state index in [0.717, 1.165) is 17.7 Å². The van der Waals surface area contributed by atoms with Gasteiger partial charge in [-0.15, -0.1) is 0 Å². The lowest BCUT2D eigenvalue weighted by atomic mass is 10.2. The van der Waals surface area contributed by atoms with Gasteiger partial charge < -0.3 is 10.3 Å². The van der Waals surface area contributed by atoms with Gasteiger partial charge in [0.2, 0.25) is 5.95 Å². The highest BCUT2D eigenvalue weighted by molar-refractivity contribution is 5.49. The number of nitrogens with two attached hydrogens (primary N) is 1. The maximum absolute atomic E-state index is 5.38. The molecule has 0 radical (unpaired) electrons. The number of hydrogen-bond donors (Lipinski definition) is 2. The van der Waals surface area contributed by atoms with E-state index in [1.807, 2.05) is 25.9 Å². The maximum Gasteiger partial charge on any atom is 0.227 e. The largest absolute Gasteiger partial charge is 0.347 e. The molecule has 0 saturated carbocycles. The van der Waals surface area contributed by atoms with Crippen LogP contribution in [0.5, 0.6) is 0 Å². The van der Waals surface area contributed by atoms with Gasteiger partial charge in [-0.25, -0.2) is 10.8 Å². The molecule has 5 heteroatoms. The summed E-state index contributed by atoms with van der Waals surface area (Å²) in [4.78, 5) is 10.6. The lowest BCUT2D eigenvalue weighted by Crippen LogP contribution is -2.18. The summed E-state index contributed by atoms with van der Waals surface area (Å²) in [5.41, 5.74) is 4.63. The van der Waals surface area contributed by atoms with Crippen LogP contribution in [0.2, 0.25) is 0 Å². The Morgan fingerprint density at radius 3 is 2.43 bits per heavy atom. The van der Waals surface area contributed by atoms with Crippen LogP contribution in [-0.2, 0) is 6.42 Å². The normalized spacial score (nSPS) is 10.1. The van der Waals surface area contributed by atoms with Crippen molar-refractivity contribution in [3.8, 4) is 0 Å². The van der Waals surface area contributed by atoms with Gasteiger partial charge in [-0.1, -0.05) is 6.92 Å². The number of rotatable bonds is 3. The summed E-state index contributed by atoms with van der Waals surface area (Å²) in [6.45, 7) is 4.03. The van der Waals surface area contributed by atoms with E-state index < -0.39 is 0 Å². The minimum absolute atomic E-state index is 0.681. The van der Waals surface area contributed by atoms with Crippen molar-refractivity contribution in [2.75, 3.05) is 24.4 Å². The molecule has 0 spiro atoms. The van der Waals surface area contributed by atoms with Crippen LogP contribution in [0.1, 0.15) is 18.2 Å². The molecule has 0 saturated heterocycles. The van der Waals surface area contributed by atoms with Crippen LogP contribution < -0.4 is 16.2 Å². The third-order valence-electron chi connectivity index (χ3n) is 2.11. The molecule has 1 aromatic heterocycles. The quantitative estimate of drug-likeness (QED) is 0.549. The van der Waals surface area contributed by atoms with Crippen molar-refractivity contribution in [2.24, 2.45) is 5.84 Å². The van der Waals surface area contributed by atoms with Crippen molar-refractivity contribution in [3.05, 3.63) is 11.3 Å². The van der Waals surface area contributed by atoms with Crippen molar-refractivity contribution in [2.45, 2.75) is 20.3 Å². The second kappa shape index (κ2) is 4.23. The molecule has 0 aliphatic heterocycles. The molecular formula is C9H17N5. The number of aromatic nitrogens is 2. The average Bonchev–Trinajstić information content (AvgIpc) is 2.17. The molecule has 1 rings (SSSR count). The van der Waals surface area contributed by atoms with Gasteiger partial charge in [0.15, 0.2) is 0 Å². The first-order chi connectivity index (χ1) is 6.60. The van der Waals surface area contributed by atoms with E-state index in [2.05, 4.69) is 22.3 Å². The number of anilines is 2. The van der Waals surface area contributed by atoms with Gasteiger partial charge in [0.25, 0.3) is 0 Å². The molecule has 0 bridgehead atoms. The van der Waals surface area contributed by atoms with Crippen molar-refractivity contribution in [3.63, 3.8) is 0 Å². The number of nitrogens with zero attached hydrogens (tertiary/aromatic N) is 3. The Bertz CT molecular complexity index is 296. The zero-order valence-electron chi connectivity index (χ0n) is 9.13. The van der Waals surface area contributed by atoms with Crippen LogP contribution >= 0.6 is 0 Å². The van der Waals surface area contributed by atoms with Crippen molar-refractivity contribution in [1.82, 2.24) is 9.97 Å². The Hall–Kier alpha value is -1.36. The zero-order chi connectivity index (χ0) is 10.7. The highest BCUT2D eigenvalue weighted by Gasteiger charge is 2.09. The summed E-state index contributed by atoms with van der Waals surface area (Å²) >= 11 is 0. The molecule has 3 N–H and O–H groups in total. The maximum atomic E-state index is 5.38. The molecular weight excluding hydrogens is 178 g/mol. The van der Waals surface area contributed by atoms with Gasteiger partial charge in [0, 0.05) is 19.7 Å². The van der Waals surface area contributed by atoms with Gasteiger partial charge in [0.1, 0.15) is 5.82 Å². The minimum Gasteiger partial charge on any atom is -0.347 e. The molecule has 0 aromatic carbocycles. The second-order valence-electron chi connectivity index (χ2n) is 3.34. The first-order valence-corrected chi connectivity index (χ1v) is 4.61. The number of aryl methyl sites for hydroxylation is 1. The molecule has 1 aromatic rings. The standard InChI is InChI=1S/C9H17N5/c1-5-7-6(2)8(13-10)12-9(11-7)14(3)4/h5,10H2,1-4H3,(H,11,12,13). The Balaban J connectivity index is 3.25. The molecule has 0 amide bonds. The molecule has 0 unspecified atom stereocenters. The smallest absolute Gasteiger partial charge is 0.227 e.